The summed E-state index contributed by atoms with van der Waals surface area (Å²) < 4.78 is 6.40. The summed E-state index contributed by atoms with van der Waals surface area (Å²) >= 11 is 0. The van der Waals surface area contributed by atoms with Crippen molar-refractivity contribution >= 4 is 16.5 Å². The Kier molecular flexibility index (Phi) is 4.32. The Labute approximate surface area is 177 Å². The van der Waals surface area contributed by atoms with Crippen molar-refractivity contribution in [3.05, 3.63) is 102 Å². The topological polar surface area (TPSA) is 21.3 Å². The van der Waals surface area contributed by atoms with Crippen molar-refractivity contribution in [3.63, 3.8) is 0 Å². The second-order valence-electron chi connectivity index (χ2n) is 8.46. The molecule has 3 atom stereocenters. The fraction of sp³-hybridized carbons (Fsp3) is 0.214. The number of nitrogens with one attached hydrogen (secondary N) is 1. The van der Waals surface area contributed by atoms with E-state index in [2.05, 4.69) is 96.3 Å². The number of fused-ring (bicyclic) bond motifs is 4. The Morgan fingerprint density at radius 2 is 1.63 bits per heavy atom. The number of rotatable bonds is 2. The van der Waals surface area contributed by atoms with Crippen molar-refractivity contribution in [2.24, 2.45) is 5.92 Å². The zero-order valence-electron chi connectivity index (χ0n) is 16.9. The van der Waals surface area contributed by atoms with Gasteiger partial charge in [-0.2, -0.15) is 0 Å². The zero-order chi connectivity index (χ0) is 19.9. The van der Waals surface area contributed by atoms with E-state index in [9.17, 15) is 0 Å². The molecule has 0 bridgehead atoms. The first-order valence-corrected chi connectivity index (χ1v) is 10.9. The molecule has 0 unspecified atom stereocenters. The molecule has 2 aliphatic rings. The third-order valence-electron chi connectivity index (χ3n) is 6.72. The van der Waals surface area contributed by atoms with Crippen LogP contribution in [0.2, 0.25) is 0 Å². The molecule has 0 saturated carbocycles. The minimum Gasteiger partial charge on any atom is -0.378 e. The molecule has 2 nitrogen and oxygen atoms in total. The van der Waals surface area contributed by atoms with Crippen LogP contribution in [0.15, 0.2) is 91.0 Å². The summed E-state index contributed by atoms with van der Waals surface area (Å²) in [5, 5.41) is 6.43. The molecule has 0 radical (unpaired) electrons. The highest BCUT2D eigenvalue weighted by atomic mass is 16.5. The average Bonchev–Trinajstić information content (AvgIpc) is 2.83. The van der Waals surface area contributed by atoms with E-state index in [0.29, 0.717) is 12.0 Å². The first-order chi connectivity index (χ1) is 14.9. The molecule has 2 heteroatoms. The lowest BCUT2D eigenvalue weighted by Crippen LogP contribution is -2.36. The van der Waals surface area contributed by atoms with E-state index < -0.39 is 0 Å². The van der Waals surface area contributed by atoms with Crippen LogP contribution in [0.5, 0.6) is 0 Å². The van der Waals surface area contributed by atoms with Crippen LogP contribution in [0, 0.1) is 5.92 Å². The summed E-state index contributed by atoms with van der Waals surface area (Å²) in [6.07, 6.45) is 2.47. The monoisotopic (exact) mass is 391 g/mol. The van der Waals surface area contributed by atoms with Gasteiger partial charge in [-0.05, 0) is 52.4 Å². The van der Waals surface area contributed by atoms with E-state index in [1.165, 1.54) is 45.1 Å². The van der Waals surface area contributed by atoms with Crippen molar-refractivity contribution in [1.29, 1.82) is 0 Å². The Bertz CT molecular complexity index is 1190. The van der Waals surface area contributed by atoms with E-state index in [1.807, 2.05) is 0 Å². The maximum Gasteiger partial charge on any atom is 0.0896 e. The van der Waals surface area contributed by atoms with Crippen LogP contribution in [0.25, 0.3) is 21.9 Å². The second-order valence-corrected chi connectivity index (χ2v) is 8.46. The fourth-order valence-corrected chi connectivity index (χ4v) is 5.31. The van der Waals surface area contributed by atoms with E-state index in [0.717, 1.165) is 13.0 Å². The second kappa shape index (κ2) is 7.30. The Hall–Kier alpha value is -3.10. The Morgan fingerprint density at radius 3 is 2.57 bits per heavy atom. The maximum atomic E-state index is 6.40. The van der Waals surface area contributed by atoms with Crippen LogP contribution in [0.3, 0.4) is 0 Å². The lowest BCUT2D eigenvalue weighted by molar-refractivity contribution is -0.0381. The van der Waals surface area contributed by atoms with Gasteiger partial charge in [0.05, 0.1) is 12.1 Å². The predicted octanol–water partition coefficient (Wildman–Crippen LogP) is 7.14. The molecule has 1 fully saturated rings. The third-order valence-corrected chi connectivity index (χ3v) is 6.72. The van der Waals surface area contributed by atoms with Crippen LogP contribution in [-0.2, 0) is 4.74 Å². The summed E-state index contributed by atoms with van der Waals surface area (Å²) in [4.78, 5) is 0. The number of benzene rings is 4. The van der Waals surface area contributed by atoms with Gasteiger partial charge >= 0.3 is 0 Å². The van der Waals surface area contributed by atoms with Crippen molar-refractivity contribution in [2.75, 3.05) is 11.9 Å². The SMILES string of the molecule is c1ccc([C@H]2Nc3ccc(-c4cccc5ccccc45)cc3[C@H]3OCCC[C@@H]23)cc1. The van der Waals surface area contributed by atoms with Crippen LogP contribution in [0.1, 0.15) is 36.1 Å². The first-order valence-electron chi connectivity index (χ1n) is 10.9. The largest absolute Gasteiger partial charge is 0.378 e. The van der Waals surface area contributed by atoms with Gasteiger partial charge in [0.15, 0.2) is 0 Å². The fourth-order valence-electron chi connectivity index (χ4n) is 5.31. The van der Waals surface area contributed by atoms with Crippen molar-refractivity contribution in [2.45, 2.75) is 25.0 Å². The van der Waals surface area contributed by atoms with Gasteiger partial charge in [0, 0.05) is 23.8 Å². The average molecular weight is 392 g/mol. The third kappa shape index (κ3) is 2.91. The minimum absolute atomic E-state index is 0.148. The quantitative estimate of drug-likeness (QED) is 0.392. The molecule has 0 spiro atoms. The summed E-state index contributed by atoms with van der Waals surface area (Å²) in [6.45, 7) is 0.848. The van der Waals surface area contributed by atoms with E-state index in [1.54, 1.807) is 0 Å². The summed E-state index contributed by atoms with van der Waals surface area (Å²) in [5.74, 6) is 0.455. The molecule has 0 aromatic heterocycles. The number of hydrogen-bond acceptors (Lipinski definition) is 2. The molecule has 2 heterocycles. The van der Waals surface area contributed by atoms with E-state index in [-0.39, 0.29) is 6.10 Å². The first kappa shape index (κ1) is 17.7. The van der Waals surface area contributed by atoms with Crippen molar-refractivity contribution in [1.82, 2.24) is 0 Å². The van der Waals surface area contributed by atoms with Crippen LogP contribution >= 0.6 is 0 Å². The molecule has 0 aliphatic carbocycles. The molecule has 148 valence electrons. The van der Waals surface area contributed by atoms with Crippen molar-refractivity contribution < 1.29 is 4.74 Å². The van der Waals surface area contributed by atoms with Crippen LogP contribution in [-0.4, -0.2) is 6.61 Å². The van der Waals surface area contributed by atoms with E-state index >= 15 is 0 Å². The molecule has 0 amide bonds. The maximum absolute atomic E-state index is 6.40. The highest BCUT2D eigenvalue weighted by Gasteiger charge is 2.39. The van der Waals surface area contributed by atoms with Gasteiger partial charge in [0.1, 0.15) is 0 Å². The van der Waals surface area contributed by atoms with Gasteiger partial charge in [-0.3, -0.25) is 0 Å². The van der Waals surface area contributed by atoms with Crippen LogP contribution in [0.4, 0.5) is 5.69 Å². The summed E-state index contributed by atoms with van der Waals surface area (Å²) in [6, 6.07) is 33.2. The van der Waals surface area contributed by atoms with Gasteiger partial charge in [-0.1, -0.05) is 78.9 Å². The Morgan fingerprint density at radius 1 is 0.800 bits per heavy atom. The molecule has 4 aromatic rings. The lowest BCUT2D eigenvalue weighted by atomic mass is 9.77. The highest BCUT2D eigenvalue weighted by Crippen LogP contribution is 2.50. The standard InChI is InChI=1S/C28H25NO/c1-2-9-20(10-3-1)27-24-14-7-17-30-28(24)25-18-21(15-16-26(25)29-27)23-13-6-11-19-8-4-5-12-22(19)23/h1-6,8-13,15-16,18,24,27-29H,7,14,17H2/t24-,27+,28-/m0/s1. The number of anilines is 1. The van der Waals surface area contributed by atoms with Crippen molar-refractivity contribution in [3.8, 4) is 11.1 Å². The molecule has 1 N–H and O–H groups in total. The van der Waals surface area contributed by atoms with Crippen LogP contribution < -0.4 is 5.32 Å². The molecule has 2 aliphatic heterocycles. The Balaban J connectivity index is 1.46. The van der Waals surface area contributed by atoms with Gasteiger partial charge in [-0.15, -0.1) is 0 Å². The van der Waals surface area contributed by atoms with Gasteiger partial charge in [0.2, 0.25) is 0 Å². The molecular formula is C28H25NO. The molecular weight excluding hydrogens is 366 g/mol. The smallest absolute Gasteiger partial charge is 0.0896 e. The predicted molar refractivity (Wildman–Crippen MR) is 124 cm³/mol. The molecule has 1 saturated heterocycles. The van der Waals surface area contributed by atoms with Gasteiger partial charge in [-0.25, -0.2) is 0 Å². The lowest BCUT2D eigenvalue weighted by Gasteiger charge is -2.43. The number of ether oxygens (including phenoxy) is 1. The minimum atomic E-state index is 0.148. The molecule has 6 rings (SSSR count). The normalized spacial score (nSPS) is 22.7. The number of hydrogen-bond donors (Lipinski definition) is 1. The van der Waals surface area contributed by atoms with Gasteiger partial charge in [0.25, 0.3) is 0 Å². The highest BCUT2D eigenvalue weighted by molar-refractivity contribution is 5.97. The summed E-state index contributed by atoms with van der Waals surface area (Å²) in [7, 11) is 0. The van der Waals surface area contributed by atoms with E-state index in [4.69, 9.17) is 4.74 Å². The summed E-state index contributed by atoms with van der Waals surface area (Å²) in [5.41, 5.74) is 6.40. The molecule has 30 heavy (non-hydrogen) atoms. The zero-order valence-corrected chi connectivity index (χ0v) is 16.9. The molecule has 4 aromatic carbocycles. The van der Waals surface area contributed by atoms with Gasteiger partial charge < -0.3 is 10.1 Å².